The lowest BCUT2D eigenvalue weighted by atomic mass is 10.3. The van der Waals surface area contributed by atoms with Gasteiger partial charge in [0.05, 0.1) is 44.4 Å². The highest BCUT2D eigenvalue weighted by atomic mass is 32.2. The minimum atomic E-state index is -3.72. The average Bonchev–Trinajstić information content (AvgIpc) is 3.09. The van der Waals surface area contributed by atoms with E-state index in [1.165, 1.54) is 16.4 Å². The highest BCUT2D eigenvalue weighted by Gasteiger charge is 2.31. The van der Waals surface area contributed by atoms with Crippen molar-refractivity contribution >= 4 is 21.8 Å². The fourth-order valence-corrected chi connectivity index (χ4v) is 5.60. The largest absolute Gasteiger partial charge is 0.490 e. The van der Waals surface area contributed by atoms with Crippen molar-refractivity contribution in [2.75, 3.05) is 85.8 Å². The molecule has 11 nitrogen and oxygen atoms in total. The first-order valence-electron chi connectivity index (χ1n) is 11.6. The summed E-state index contributed by atoms with van der Waals surface area (Å²) in [6.45, 7) is 4.49. The van der Waals surface area contributed by atoms with E-state index in [1.807, 2.05) is 0 Å². The van der Waals surface area contributed by atoms with Crippen molar-refractivity contribution in [3.05, 3.63) is 18.2 Å². The summed E-state index contributed by atoms with van der Waals surface area (Å²) in [5.74, 6) is 0.833. The molecule has 0 unspecified atom stereocenters. The molecule has 0 spiro atoms. The van der Waals surface area contributed by atoms with Crippen molar-refractivity contribution in [2.45, 2.75) is 11.3 Å². The van der Waals surface area contributed by atoms with Crippen LogP contribution in [0.5, 0.6) is 11.5 Å². The van der Waals surface area contributed by atoms with Crippen LogP contribution in [0.4, 0.5) is 0 Å². The van der Waals surface area contributed by atoms with E-state index < -0.39 is 10.0 Å². The number of likely N-dealkylation sites (N-methyl/N-ethyl adjacent to an activating group) is 1. The van der Waals surface area contributed by atoms with E-state index >= 15 is 0 Å². The molecule has 0 aliphatic carbocycles. The van der Waals surface area contributed by atoms with Gasteiger partial charge in [-0.25, -0.2) is 8.42 Å². The first kappa shape index (κ1) is 24.7. The Labute approximate surface area is 200 Å². The maximum Gasteiger partial charge on any atom is 0.243 e. The van der Waals surface area contributed by atoms with Crippen molar-refractivity contribution < 1.29 is 32.2 Å². The van der Waals surface area contributed by atoms with Crippen molar-refractivity contribution in [3.63, 3.8) is 0 Å². The Kier molecular flexibility index (Phi) is 7.91. The Bertz CT molecular complexity index is 989. The topological polar surface area (TPSA) is 109 Å². The van der Waals surface area contributed by atoms with Crippen molar-refractivity contribution in [1.82, 2.24) is 19.0 Å². The first-order valence-corrected chi connectivity index (χ1v) is 13.0. The van der Waals surface area contributed by atoms with Gasteiger partial charge in [-0.05, 0) is 19.2 Å². The summed E-state index contributed by atoms with van der Waals surface area (Å²) in [4.78, 5) is 30.3. The molecule has 0 saturated carbocycles. The first-order chi connectivity index (χ1) is 16.3. The fraction of sp³-hybridized carbons (Fsp3) is 0.636. The summed E-state index contributed by atoms with van der Waals surface area (Å²) in [6.07, 6.45) is 0.739. The number of carbonyl (C=O) groups is 2. The molecule has 3 aliphatic heterocycles. The number of hydrogen-bond donors (Lipinski definition) is 0. The van der Waals surface area contributed by atoms with Gasteiger partial charge in [0.2, 0.25) is 21.8 Å². The number of benzene rings is 1. The molecule has 0 radical (unpaired) electrons. The van der Waals surface area contributed by atoms with Gasteiger partial charge in [0.15, 0.2) is 11.5 Å². The highest BCUT2D eigenvalue weighted by molar-refractivity contribution is 7.89. The number of rotatable bonds is 6. The third-order valence-electron chi connectivity index (χ3n) is 6.12. The molecule has 2 fully saturated rings. The standard InChI is InChI=1S/C22H32N4O7S/c1-23(17-22(28)25-9-13-31-14-10-25)16-21(27)24-5-7-26(8-6-24)34(29,30)18-3-4-19-20(15-18)33-12-2-11-32-19/h3-4,15H,2,5-14,16-17H2,1H3. The second-order valence-electron chi connectivity index (χ2n) is 8.61. The second kappa shape index (κ2) is 10.9. The monoisotopic (exact) mass is 496 g/mol. The predicted octanol–water partition coefficient (Wildman–Crippen LogP) is -0.529. The fourth-order valence-electron chi connectivity index (χ4n) is 4.16. The molecule has 188 valence electrons. The number of carbonyl (C=O) groups excluding carboxylic acids is 2. The van der Waals surface area contributed by atoms with Crippen LogP contribution in [0, 0.1) is 0 Å². The zero-order valence-corrected chi connectivity index (χ0v) is 20.3. The van der Waals surface area contributed by atoms with Crippen LogP contribution in [-0.4, -0.2) is 125 Å². The van der Waals surface area contributed by atoms with Gasteiger partial charge in [-0.3, -0.25) is 14.5 Å². The van der Waals surface area contributed by atoms with E-state index in [-0.39, 0.29) is 42.9 Å². The zero-order chi connectivity index (χ0) is 24.1. The predicted molar refractivity (Wildman–Crippen MR) is 122 cm³/mol. The maximum atomic E-state index is 13.2. The summed E-state index contributed by atoms with van der Waals surface area (Å²) in [5, 5.41) is 0. The van der Waals surface area contributed by atoms with Crippen LogP contribution >= 0.6 is 0 Å². The van der Waals surface area contributed by atoms with Crippen molar-refractivity contribution in [2.24, 2.45) is 0 Å². The molecule has 3 heterocycles. The van der Waals surface area contributed by atoms with Gasteiger partial charge in [0, 0.05) is 51.8 Å². The summed E-state index contributed by atoms with van der Waals surface area (Å²) in [5.41, 5.74) is 0. The van der Waals surface area contributed by atoms with Gasteiger partial charge < -0.3 is 24.0 Å². The van der Waals surface area contributed by atoms with Crippen LogP contribution in [0.25, 0.3) is 0 Å². The maximum absolute atomic E-state index is 13.2. The van der Waals surface area contributed by atoms with Gasteiger partial charge in [0.1, 0.15) is 0 Å². The average molecular weight is 497 g/mol. The minimum absolute atomic E-state index is 0.0235. The Hall–Kier alpha value is -2.41. The number of fused-ring (bicyclic) bond motifs is 1. The van der Waals surface area contributed by atoms with Crippen LogP contribution < -0.4 is 9.47 Å². The number of piperazine rings is 1. The van der Waals surface area contributed by atoms with Gasteiger partial charge >= 0.3 is 0 Å². The molecule has 3 aliphatic rings. The van der Waals surface area contributed by atoms with E-state index in [1.54, 1.807) is 27.8 Å². The third-order valence-corrected chi connectivity index (χ3v) is 8.02. The molecule has 0 N–H and O–H groups in total. The summed E-state index contributed by atoms with van der Waals surface area (Å²) in [6, 6.07) is 4.66. The SMILES string of the molecule is CN(CC(=O)N1CCOCC1)CC(=O)N1CCN(S(=O)(=O)c2ccc3c(c2)OCCCO3)CC1. The van der Waals surface area contributed by atoms with Crippen LogP contribution in [0.2, 0.25) is 0 Å². The molecule has 12 heteroatoms. The molecule has 0 bridgehead atoms. The normalized spacial score (nSPS) is 19.7. The van der Waals surface area contributed by atoms with Crippen LogP contribution in [0.15, 0.2) is 23.1 Å². The van der Waals surface area contributed by atoms with E-state index in [0.29, 0.717) is 64.1 Å². The lowest BCUT2D eigenvalue weighted by Crippen LogP contribution is -2.53. The number of amides is 2. The number of hydrogen-bond acceptors (Lipinski definition) is 8. The summed E-state index contributed by atoms with van der Waals surface area (Å²) < 4.78 is 44.2. The summed E-state index contributed by atoms with van der Waals surface area (Å²) in [7, 11) is -1.98. The van der Waals surface area contributed by atoms with E-state index in [0.717, 1.165) is 6.42 Å². The Morgan fingerprint density at radius 1 is 0.853 bits per heavy atom. The minimum Gasteiger partial charge on any atom is -0.490 e. The quantitative estimate of drug-likeness (QED) is 0.517. The van der Waals surface area contributed by atoms with Crippen molar-refractivity contribution in [1.29, 1.82) is 0 Å². The van der Waals surface area contributed by atoms with Crippen molar-refractivity contribution in [3.8, 4) is 11.5 Å². The molecular formula is C22H32N4O7S. The zero-order valence-electron chi connectivity index (χ0n) is 19.5. The van der Waals surface area contributed by atoms with Gasteiger partial charge in [-0.15, -0.1) is 0 Å². The Morgan fingerprint density at radius 2 is 1.44 bits per heavy atom. The van der Waals surface area contributed by atoms with Gasteiger partial charge in [-0.1, -0.05) is 0 Å². The molecule has 1 aromatic rings. The molecular weight excluding hydrogens is 464 g/mol. The highest BCUT2D eigenvalue weighted by Crippen LogP contribution is 2.33. The van der Waals surface area contributed by atoms with E-state index in [9.17, 15) is 18.0 Å². The number of sulfonamides is 1. The molecule has 2 saturated heterocycles. The number of nitrogens with zero attached hydrogens (tertiary/aromatic N) is 4. The van der Waals surface area contributed by atoms with Gasteiger partial charge in [-0.2, -0.15) is 4.31 Å². The van der Waals surface area contributed by atoms with Crippen LogP contribution in [-0.2, 0) is 24.3 Å². The lowest BCUT2D eigenvalue weighted by molar-refractivity contribution is -0.138. The Morgan fingerprint density at radius 3 is 2.09 bits per heavy atom. The Balaban J connectivity index is 1.28. The van der Waals surface area contributed by atoms with Crippen LogP contribution in [0.1, 0.15) is 6.42 Å². The second-order valence-corrected chi connectivity index (χ2v) is 10.5. The lowest BCUT2D eigenvalue weighted by Gasteiger charge is -2.35. The van der Waals surface area contributed by atoms with Gasteiger partial charge in [0.25, 0.3) is 0 Å². The van der Waals surface area contributed by atoms with E-state index in [4.69, 9.17) is 14.2 Å². The molecule has 1 aromatic carbocycles. The molecule has 4 rings (SSSR count). The molecule has 2 amide bonds. The van der Waals surface area contributed by atoms with E-state index in [2.05, 4.69) is 0 Å². The molecule has 34 heavy (non-hydrogen) atoms. The number of morpholine rings is 1. The smallest absolute Gasteiger partial charge is 0.243 e. The third kappa shape index (κ3) is 5.80. The summed E-state index contributed by atoms with van der Waals surface area (Å²) >= 11 is 0. The molecule has 0 aromatic heterocycles. The number of ether oxygens (including phenoxy) is 3. The molecule has 0 atom stereocenters. The van der Waals surface area contributed by atoms with Crippen LogP contribution in [0.3, 0.4) is 0 Å².